The summed E-state index contributed by atoms with van der Waals surface area (Å²) in [5.74, 6) is -0.173. The first-order valence-corrected chi connectivity index (χ1v) is 7.73. The fourth-order valence-corrected chi connectivity index (χ4v) is 2.93. The van der Waals surface area contributed by atoms with Crippen molar-refractivity contribution in [1.29, 1.82) is 0 Å². The Bertz CT molecular complexity index is 692. The van der Waals surface area contributed by atoms with E-state index < -0.39 is 0 Å². The lowest BCUT2D eigenvalue weighted by Crippen LogP contribution is -2.38. The van der Waals surface area contributed by atoms with E-state index in [4.69, 9.17) is 4.74 Å². The monoisotopic (exact) mass is 333 g/mol. The van der Waals surface area contributed by atoms with Crippen LogP contribution in [0.25, 0.3) is 0 Å². The van der Waals surface area contributed by atoms with E-state index in [0.717, 1.165) is 0 Å². The number of aromatic nitrogens is 3. The molecule has 7 nitrogen and oxygen atoms in total. The van der Waals surface area contributed by atoms with Crippen LogP contribution in [0, 0.1) is 5.82 Å². The summed E-state index contributed by atoms with van der Waals surface area (Å²) in [7, 11) is 3.96. The molecule has 24 heavy (non-hydrogen) atoms. The molecule has 3 rings (SSSR count). The van der Waals surface area contributed by atoms with Crippen molar-refractivity contribution in [3.8, 4) is 5.75 Å². The molecule has 1 amide bonds. The summed E-state index contributed by atoms with van der Waals surface area (Å²) in [6.07, 6.45) is 3.43. The van der Waals surface area contributed by atoms with Gasteiger partial charge in [-0.1, -0.05) is 11.3 Å². The minimum atomic E-state index is -0.389. The van der Waals surface area contributed by atoms with Gasteiger partial charge in [0.25, 0.3) is 5.91 Å². The van der Waals surface area contributed by atoms with Crippen LogP contribution >= 0.6 is 0 Å². The molecular weight excluding hydrogens is 313 g/mol. The van der Waals surface area contributed by atoms with Gasteiger partial charge in [-0.2, -0.15) is 0 Å². The third-order valence-corrected chi connectivity index (χ3v) is 4.21. The van der Waals surface area contributed by atoms with Crippen molar-refractivity contribution in [2.75, 3.05) is 33.8 Å². The molecule has 1 aliphatic heterocycles. The minimum Gasteiger partial charge on any atom is -0.484 e. The summed E-state index contributed by atoms with van der Waals surface area (Å²) >= 11 is 0. The van der Waals surface area contributed by atoms with Gasteiger partial charge in [0.2, 0.25) is 0 Å². The first-order valence-electron chi connectivity index (χ1n) is 7.73. The van der Waals surface area contributed by atoms with Gasteiger partial charge in [-0.15, -0.1) is 5.10 Å². The topological polar surface area (TPSA) is 63.5 Å². The average Bonchev–Trinajstić information content (AvgIpc) is 3.21. The molecule has 0 N–H and O–H groups in total. The van der Waals surface area contributed by atoms with Crippen molar-refractivity contribution in [1.82, 2.24) is 24.8 Å². The van der Waals surface area contributed by atoms with E-state index in [0.29, 0.717) is 18.8 Å². The summed E-state index contributed by atoms with van der Waals surface area (Å²) < 4.78 is 20.3. The van der Waals surface area contributed by atoms with Crippen LogP contribution < -0.4 is 4.74 Å². The van der Waals surface area contributed by atoms with Crippen LogP contribution in [0.5, 0.6) is 5.75 Å². The molecule has 0 radical (unpaired) electrons. The Labute approximate surface area is 139 Å². The van der Waals surface area contributed by atoms with Gasteiger partial charge in [0.15, 0.2) is 6.61 Å². The van der Waals surface area contributed by atoms with E-state index in [2.05, 4.69) is 15.2 Å². The largest absolute Gasteiger partial charge is 0.484 e. The van der Waals surface area contributed by atoms with E-state index in [9.17, 15) is 9.18 Å². The zero-order valence-corrected chi connectivity index (χ0v) is 13.7. The molecule has 2 atom stereocenters. The summed E-state index contributed by atoms with van der Waals surface area (Å²) in [5, 5.41) is 7.90. The molecular formula is C16H20FN5O2. The molecule has 2 aromatic rings. The first-order chi connectivity index (χ1) is 11.5. The number of benzene rings is 1. The highest BCUT2D eigenvalue weighted by Gasteiger charge is 2.38. The van der Waals surface area contributed by atoms with Gasteiger partial charge in [-0.3, -0.25) is 4.79 Å². The van der Waals surface area contributed by atoms with Crippen molar-refractivity contribution in [2.45, 2.75) is 12.1 Å². The summed E-state index contributed by atoms with van der Waals surface area (Å²) in [6, 6.07) is 5.96. The smallest absolute Gasteiger partial charge is 0.260 e. The van der Waals surface area contributed by atoms with Crippen LogP contribution in [0.3, 0.4) is 0 Å². The predicted octanol–water partition coefficient (Wildman–Crippen LogP) is 0.810. The minimum absolute atomic E-state index is 0.0422. The summed E-state index contributed by atoms with van der Waals surface area (Å²) in [4.78, 5) is 16.3. The SMILES string of the molecule is CN(C)[C@@H]1CN(C(=O)COc2cccc(F)c2)C[C@@H]1n1ccnn1. The summed E-state index contributed by atoms with van der Waals surface area (Å²) in [6.45, 7) is 1.01. The fourth-order valence-electron chi connectivity index (χ4n) is 2.93. The zero-order chi connectivity index (χ0) is 17.1. The second-order valence-corrected chi connectivity index (χ2v) is 6.03. The highest BCUT2D eigenvalue weighted by atomic mass is 19.1. The number of halogens is 1. The van der Waals surface area contributed by atoms with Gasteiger partial charge in [0, 0.05) is 25.4 Å². The molecule has 0 unspecified atom stereocenters. The molecule has 1 fully saturated rings. The number of likely N-dealkylation sites (N-methyl/N-ethyl adjacent to an activating group) is 1. The number of hydrogen-bond acceptors (Lipinski definition) is 5. The molecule has 128 valence electrons. The number of ether oxygens (including phenoxy) is 1. The van der Waals surface area contributed by atoms with Crippen molar-refractivity contribution >= 4 is 5.91 Å². The third kappa shape index (κ3) is 3.53. The third-order valence-electron chi connectivity index (χ3n) is 4.21. The lowest BCUT2D eigenvalue weighted by Gasteiger charge is -2.24. The van der Waals surface area contributed by atoms with Crippen LogP contribution in [-0.2, 0) is 4.79 Å². The predicted molar refractivity (Wildman–Crippen MR) is 85.0 cm³/mol. The Kier molecular flexibility index (Phi) is 4.75. The molecule has 0 bridgehead atoms. The second-order valence-electron chi connectivity index (χ2n) is 6.03. The highest BCUT2D eigenvalue weighted by molar-refractivity contribution is 5.78. The number of rotatable bonds is 5. The molecule has 8 heteroatoms. The van der Waals surface area contributed by atoms with Crippen molar-refractivity contribution in [3.63, 3.8) is 0 Å². The maximum atomic E-state index is 13.1. The molecule has 1 aromatic heterocycles. The highest BCUT2D eigenvalue weighted by Crippen LogP contribution is 2.24. The maximum Gasteiger partial charge on any atom is 0.260 e. The zero-order valence-electron chi connectivity index (χ0n) is 13.7. The quantitative estimate of drug-likeness (QED) is 0.810. The molecule has 1 aliphatic rings. The molecule has 2 heterocycles. The van der Waals surface area contributed by atoms with Crippen LogP contribution in [0.15, 0.2) is 36.7 Å². The van der Waals surface area contributed by atoms with Crippen LogP contribution in [-0.4, -0.2) is 70.5 Å². The van der Waals surface area contributed by atoms with Crippen LogP contribution in [0.4, 0.5) is 4.39 Å². The maximum absolute atomic E-state index is 13.1. The Morgan fingerprint density at radius 1 is 1.42 bits per heavy atom. The van der Waals surface area contributed by atoms with E-state index >= 15 is 0 Å². The Hall–Kier alpha value is -2.48. The lowest BCUT2D eigenvalue weighted by molar-refractivity contribution is -0.132. The summed E-state index contributed by atoms with van der Waals surface area (Å²) in [5.41, 5.74) is 0. The number of likely N-dealkylation sites (tertiary alicyclic amines) is 1. The first kappa shape index (κ1) is 16.4. The van der Waals surface area contributed by atoms with Crippen molar-refractivity contribution < 1.29 is 13.9 Å². The van der Waals surface area contributed by atoms with Crippen LogP contribution in [0.2, 0.25) is 0 Å². The lowest BCUT2D eigenvalue weighted by atomic mass is 10.1. The fraction of sp³-hybridized carbons (Fsp3) is 0.438. The average molecular weight is 333 g/mol. The van der Waals surface area contributed by atoms with E-state index in [1.54, 1.807) is 34.1 Å². The van der Waals surface area contributed by atoms with E-state index in [1.807, 2.05) is 14.1 Å². The van der Waals surface area contributed by atoms with Gasteiger partial charge in [0.05, 0.1) is 18.3 Å². The number of amides is 1. The molecule has 0 aliphatic carbocycles. The number of carbonyl (C=O) groups excluding carboxylic acids is 1. The van der Waals surface area contributed by atoms with Gasteiger partial charge < -0.3 is 14.5 Å². The van der Waals surface area contributed by atoms with Gasteiger partial charge in [0.1, 0.15) is 11.6 Å². The normalized spacial score (nSPS) is 20.6. The molecule has 0 spiro atoms. The number of carbonyl (C=O) groups is 1. The van der Waals surface area contributed by atoms with Gasteiger partial charge in [-0.25, -0.2) is 9.07 Å². The Morgan fingerprint density at radius 2 is 2.25 bits per heavy atom. The molecule has 1 aromatic carbocycles. The Morgan fingerprint density at radius 3 is 2.92 bits per heavy atom. The molecule has 0 saturated carbocycles. The van der Waals surface area contributed by atoms with Gasteiger partial charge >= 0.3 is 0 Å². The number of hydrogen-bond donors (Lipinski definition) is 0. The molecule has 1 saturated heterocycles. The Balaban J connectivity index is 1.63. The standard InChI is InChI=1S/C16H20FN5O2/c1-20(2)14-9-21(10-15(14)22-7-6-18-19-22)16(23)11-24-13-5-3-4-12(17)8-13/h3-8,14-15H,9-11H2,1-2H3/t14-,15+/m1/s1. The van der Waals surface area contributed by atoms with Gasteiger partial charge in [-0.05, 0) is 26.2 Å². The van der Waals surface area contributed by atoms with Crippen LogP contribution in [0.1, 0.15) is 6.04 Å². The van der Waals surface area contributed by atoms with Crippen molar-refractivity contribution in [3.05, 3.63) is 42.5 Å². The number of nitrogens with zero attached hydrogens (tertiary/aromatic N) is 5. The van der Waals surface area contributed by atoms with E-state index in [1.165, 1.54) is 12.1 Å². The van der Waals surface area contributed by atoms with Crippen molar-refractivity contribution in [2.24, 2.45) is 0 Å². The second kappa shape index (κ2) is 6.96. The van der Waals surface area contributed by atoms with E-state index in [-0.39, 0.29) is 30.4 Å².